The second-order valence-corrected chi connectivity index (χ2v) is 8.47. The monoisotopic (exact) mass is 418 g/mol. The molecule has 2 saturated heterocycles. The predicted molar refractivity (Wildman–Crippen MR) is 117 cm³/mol. The first-order valence-corrected chi connectivity index (χ1v) is 10.9. The number of aryl methyl sites for hydroxylation is 2. The smallest absolute Gasteiger partial charge is 0.259 e. The van der Waals surface area contributed by atoms with Gasteiger partial charge < -0.3 is 14.2 Å². The van der Waals surface area contributed by atoms with E-state index in [2.05, 4.69) is 9.97 Å². The summed E-state index contributed by atoms with van der Waals surface area (Å²) in [6, 6.07) is 7.52. The maximum Gasteiger partial charge on any atom is 0.259 e. The number of pyridine rings is 3. The average Bonchev–Trinajstić information content (AvgIpc) is 3.04. The van der Waals surface area contributed by atoms with Gasteiger partial charge in [0.25, 0.3) is 5.91 Å². The zero-order valence-corrected chi connectivity index (χ0v) is 17.8. The minimum absolute atomic E-state index is 0.0695. The normalized spacial score (nSPS) is 22.6. The van der Waals surface area contributed by atoms with E-state index in [9.17, 15) is 9.59 Å². The average molecular weight is 418 g/mol. The van der Waals surface area contributed by atoms with Crippen LogP contribution in [0.25, 0.3) is 11.0 Å². The van der Waals surface area contributed by atoms with Crippen LogP contribution in [0, 0.1) is 6.92 Å². The van der Waals surface area contributed by atoms with Crippen LogP contribution in [0.4, 0.5) is 0 Å². The van der Waals surface area contributed by atoms with Gasteiger partial charge in [-0.15, -0.1) is 0 Å². The van der Waals surface area contributed by atoms with Gasteiger partial charge in [-0.05, 0) is 51.0 Å². The van der Waals surface area contributed by atoms with Crippen LogP contribution in [0.3, 0.4) is 0 Å². The van der Waals surface area contributed by atoms with E-state index in [1.54, 1.807) is 24.7 Å². The number of aromatic nitrogens is 3. The van der Waals surface area contributed by atoms with Crippen LogP contribution in [-0.2, 0) is 6.54 Å². The molecule has 7 heteroatoms. The summed E-state index contributed by atoms with van der Waals surface area (Å²) in [5, 5.41) is 0.501. The number of hydrogen-bond acceptors (Lipinski definition) is 5. The summed E-state index contributed by atoms with van der Waals surface area (Å²) in [4.78, 5) is 37.3. The number of rotatable bonds is 4. The number of hydrogen-bond donors (Lipinski definition) is 0. The number of carbonyl (C=O) groups is 1. The molecule has 160 valence electrons. The summed E-state index contributed by atoms with van der Waals surface area (Å²) in [6.45, 7) is 4.54. The van der Waals surface area contributed by atoms with Crippen molar-refractivity contribution in [1.82, 2.24) is 19.4 Å². The molecule has 2 fully saturated rings. The Balaban J connectivity index is 1.44. The Morgan fingerprint density at radius 2 is 1.84 bits per heavy atom. The van der Waals surface area contributed by atoms with E-state index in [4.69, 9.17) is 4.74 Å². The fourth-order valence-electron chi connectivity index (χ4n) is 5.06. The molecule has 5 heterocycles. The van der Waals surface area contributed by atoms with E-state index in [0.29, 0.717) is 17.6 Å². The number of fused-ring (bicyclic) bond motifs is 3. The maximum atomic E-state index is 13.6. The largest absolute Gasteiger partial charge is 0.490 e. The summed E-state index contributed by atoms with van der Waals surface area (Å²) >= 11 is 0. The number of ether oxygens (including phenoxy) is 1. The highest BCUT2D eigenvalue weighted by Crippen LogP contribution is 2.38. The minimum atomic E-state index is -0.230. The van der Waals surface area contributed by atoms with Gasteiger partial charge in [0.15, 0.2) is 0 Å². The predicted octanol–water partition coefficient (Wildman–Crippen LogP) is 3.33. The SMILES string of the molecule is CCn1cc(C(=O)N2C3CCC2CC(Oc2ccncc2)C3)c(=O)c2ccc(C)nc21. The van der Waals surface area contributed by atoms with Crippen molar-refractivity contribution in [1.29, 1.82) is 0 Å². The van der Waals surface area contributed by atoms with Gasteiger partial charge in [0.2, 0.25) is 5.43 Å². The van der Waals surface area contributed by atoms with Crippen LogP contribution in [0.15, 0.2) is 47.7 Å². The maximum absolute atomic E-state index is 13.6. The third kappa shape index (κ3) is 3.48. The molecule has 0 N–H and O–H groups in total. The van der Waals surface area contributed by atoms with Crippen molar-refractivity contribution in [3.8, 4) is 5.75 Å². The van der Waals surface area contributed by atoms with Gasteiger partial charge in [-0.1, -0.05) is 0 Å². The molecule has 2 bridgehead atoms. The minimum Gasteiger partial charge on any atom is -0.490 e. The highest BCUT2D eigenvalue weighted by Gasteiger charge is 2.44. The summed E-state index contributed by atoms with van der Waals surface area (Å²) in [7, 11) is 0. The molecule has 0 saturated carbocycles. The molecular weight excluding hydrogens is 392 g/mol. The van der Waals surface area contributed by atoms with Crippen molar-refractivity contribution in [3.05, 3.63) is 64.3 Å². The van der Waals surface area contributed by atoms with Crippen molar-refractivity contribution < 1.29 is 9.53 Å². The van der Waals surface area contributed by atoms with E-state index in [0.717, 1.165) is 37.1 Å². The Bertz CT molecular complexity index is 1180. The number of piperidine rings is 1. The van der Waals surface area contributed by atoms with Gasteiger partial charge in [0.1, 0.15) is 23.1 Å². The molecule has 3 aromatic heterocycles. The van der Waals surface area contributed by atoms with Crippen LogP contribution in [0.1, 0.15) is 48.7 Å². The van der Waals surface area contributed by atoms with Crippen molar-refractivity contribution in [2.75, 3.05) is 0 Å². The van der Waals surface area contributed by atoms with Gasteiger partial charge in [-0.3, -0.25) is 14.6 Å². The molecule has 2 unspecified atom stereocenters. The highest BCUT2D eigenvalue weighted by molar-refractivity contribution is 5.97. The highest BCUT2D eigenvalue weighted by atomic mass is 16.5. The fourth-order valence-corrected chi connectivity index (χ4v) is 5.06. The van der Waals surface area contributed by atoms with Gasteiger partial charge in [-0.25, -0.2) is 4.98 Å². The van der Waals surface area contributed by atoms with Gasteiger partial charge >= 0.3 is 0 Å². The Kier molecular flexibility index (Phi) is 4.96. The Morgan fingerprint density at radius 3 is 2.52 bits per heavy atom. The lowest BCUT2D eigenvalue weighted by Crippen LogP contribution is -2.50. The number of amides is 1. The third-order valence-electron chi connectivity index (χ3n) is 6.51. The molecule has 0 radical (unpaired) electrons. The van der Waals surface area contributed by atoms with Gasteiger partial charge in [-0.2, -0.15) is 0 Å². The first-order valence-electron chi connectivity index (χ1n) is 10.9. The second-order valence-electron chi connectivity index (χ2n) is 8.47. The van der Waals surface area contributed by atoms with Crippen LogP contribution in [0.5, 0.6) is 5.75 Å². The quantitative estimate of drug-likeness (QED) is 0.650. The fraction of sp³-hybridized carbons (Fsp3) is 0.417. The molecule has 7 nitrogen and oxygen atoms in total. The lowest BCUT2D eigenvalue weighted by atomic mass is 9.98. The van der Waals surface area contributed by atoms with E-state index < -0.39 is 0 Å². The molecule has 5 rings (SSSR count). The van der Waals surface area contributed by atoms with E-state index in [1.807, 2.05) is 41.5 Å². The molecule has 0 aromatic carbocycles. The summed E-state index contributed by atoms with van der Waals surface area (Å²) in [5.41, 5.74) is 1.50. The molecule has 31 heavy (non-hydrogen) atoms. The molecule has 0 spiro atoms. The molecule has 2 aliphatic heterocycles. The zero-order chi connectivity index (χ0) is 21.5. The van der Waals surface area contributed by atoms with Crippen LogP contribution in [-0.4, -0.2) is 43.5 Å². The summed E-state index contributed by atoms with van der Waals surface area (Å²) in [6.07, 6.45) is 8.65. The first-order chi connectivity index (χ1) is 15.0. The van der Waals surface area contributed by atoms with Crippen LogP contribution >= 0.6 is 0 Å². The summed E-state index contributed by atoms with van der Waals surface area (Å²) < 4.78 is 8.05. The lowest BCUT2D eigenvalue weighted by Gasteiger charge is -2.39. The first kappa shape index (κ1) is 19.7. The van der Waals surface area contributed by atoms with Crippen molar-refractivity contribution in [2.45, 2.75) is 64.3 Å². The van der Waals surface area contributed by atoms with Gasteiger partial charge in [0, 0.05) is 55.8 Å². The molecular formula is C24H26N4O3. The zero-order valence-electron chi connectivity index (χ0n) is 17.8. The topological polar surface area (TPSA) is 77.3 Å². The van der Waals surface area contributed by atoms with Crippen molar-refractivity contribution in [2.24, 2.45) is 0 Å². The third-order valence-corrected chi connectivity index (χ3v) is 6.51. The molecule has 3 aromatic rings. The van der Waals surface area contributed by atoms with Gasteiger partial charge in [0.05, 0.1) is 5.39 Å². The van der Waals surface area contributed by atoms with E-state index >= 15 is 0 Å². The summed E-state index contributed by atoms with van der Waals surface area (Å²) in [5.74, 6) is 0.645. The van der Waals surface area contributed by atoms with Crippen molar-refractivity contribution >= 4 is 16.9 Å². The van der Waals surface area contributed by atoms with Crippen molar-refractivity contribution in [3.63, 3.8) is 0 Å². The second kappa shape index (κ2) is 7.80. The van der Waals surface area contributed by atoms with E-state index in [1.165, 1.54) is 0 Å². The Morgan fingerprint density at radius 1 is 1.13 bits per heavy atom. The van der Waals surface area contributed by atoms with Crippen LogP contribution < -0.4 is 10.2 Å². The Labute approximate surface area is 180 Å². The molecule has 2 atom stereocenters. The molecule has 2 aliphatic rings. The molecule has 1 amide bonds. The number of carbonyl (C=O) groups excluding carboxylic acids is 1. The Hall–Kier alpha value is -3.22. The molecule has 0 aliphatic carbocycles. The lowest BCUT2D eigenvalue weighted by molar-refractivity contribution is 0.0357. The standard InChI is InChI=1S/C24H26N4O3/c1-3-27-14-21(22(29)20-7-4-15(2)26-23(20)27)24(30)28-16-5-6-17(28)13-19(12-16)31-18-8-10-25-11-9-18/h4,7-11,14,16-17,19H,3,5-6,12-13H2,1-2H3. The van der Waals surface area contributed by atoms with Crippen LogP contribution in [0.2, 0.25) is 0 Å². The van der Waals surface area contributed by atoms with E-state index in [-0.39, 0.29) is 35.1 Å². The number of nitrogens with zero attached hydrogens (tertiary/aromatic N) is 4.